The van der Waals surface area contributed by atoms with Gasteiger partial charge in [-0.25, -0.2) is 4.98 Å². The number of nitrogens with one attached hydrogen (secondary N) is 1. The third kappa shape index (κ3) is 4.66. The van der Waals surface area contributed by atoms with Crippen molar-refractivity contribution in [3.05, 3.63) is 46.0 Å². The number of nitrogens with zero attached hydrogens (tertiary/aromatic N) is 2. The highest BCUT2D eigenvalue weighted by molar-refractivity contribution is 7.15. The molecule has 1 heterocycles. The standard InChI is InChI=1S/C19H25N3O2S/c1-6-13(3)22(18(24)16-10-8-7-9-12(16)2)11-17(23)21-19-20-14(4)15(5)25-19/h7-10,13H,6,11H2,1-5H3,(H,20,21,23)/t13-/m1/s1. The maximum absolute atomic E-state index is 12.9. The fourth-order valence-electron chi connectivity index (χ4n) is 2.46. The molecule has 2 aromatic rings. The molecular formula is C19H25N3O2S. The number of hydrogen-bond donors (Lipinski definition) is 1. The summed E-state index contributed by atoms with van der Waals surface area (Å²) < 4.78 is 0. The van der Waals surface area contributed by atoms with Crippen LogP contribution in [0.3, 0.4) is 0 Å². The van der Waals surface area contributed by atoms with Crippen LogP contribution >= 0.6 is 11.3 Å². The highest BCUT2D eigenvalue weighted by Gasteiger charge is 2.24. The van der Waals surface area contributed by atoms with Crippen molar-refractivity contribution >= 4 is 28.3 Å². The monoisotopic (exact) mass is 359 g/mol. The summed E-state index contributed by atoms with van der Waals surface area (Å²) in [5.41, 5.74) is 2.46. The number of carbonyl (C=O) groups is 2. The smallest absolute Gasteiger partial charge is 0.254 e. The van der Waals surface area contributed by atoms with E-state index in [1.807, 2.05) is 52.8 Å². The Labute approximate surface area is 153 Å². The molecule has 1 atom stereocenters. The summed E-state index contributed by atoms with van der Waals surface area (Å²) in [5.74, 6) is -0.343. The largest absolute Gasteiger partial charge is 0.327 e. The van der Waals surface area contributed by atoms with Crippen LogP contribution in [0.25, 0.3) is 0 Å². The van der Waals surface area contributed by atoms with Crippen molar-refractivity contribution in [1.29, 1.82) is 0 Å². The lowest BCUT2D eigenvalue weighted by molar-refractivity contribution is -0.117. The van der Waals surface area contributed by atoms with Gasteiger partial charge in [0.25, 0.3) is 5.91 Å². The van der Waals surface area contributed by atoms with E-state index in [0.29, 0.717) is 10.7 Å². The summed E-state index contributed by atoms with van der Waals surface area (Å²) in [6.45, 7) is 9.77. The molecule has 25 heavy (non-hydrogen) atoms. The summed E-state index contributed by atoms with van der Waals surface area (Å²) in [6.07, 6.45) is 0.778. The van der Waals surface area contributed by atoms with Gasteiger partial charge in [0.1, 0.15) is 6.54 Å². The lowest BCUT2D eigenvalue weighted by atomic mass is 10.1. The Kier molecular flexibility index (Phi) is 6.31. The van der Waals surface area contributed by atoms with Gasteiger partial charge in [-0.05, 0) is 45.7 Å². The van der Waals surface area contributed by atoms with Gasteiger partial charge in [-0.3, -0.25) is 9.59 Å². The second kappa shape index (κ2) is 8.25. The third-order valence-electron chi connectivity index (χ3n) is 4.35. The average molecular weight is 359 g/mol. The zero-order chi connectivity index (χ0) is 18.6. The molecule has 5 nitrogen and oxygen atoms in total. The molecule has 0 aliphatic carbocycles. The second-order valence-electron chi connectivity index (χ2n) is 6.21. The predicted molar refractivity (Wildman–Crippen MR) is 102 cm³/mol. The fourth-order valence-corrected chi connectivity index (χ4v) is 3.29. The highest BCUT2D eigenvalue weighted by Crippen LogP contribution is 2.21. The quantitative estimate of drug-likeness (QED) is 0.849. The van der Waals surface area contributed by atoms with Crippen molar-refractivity contribution in [1.82, 2.24) is 9.88 Å². The van der Waals surface area contributed by atoms with E-state index in [-0.39, 0.29) is 24.4 Å². The van der Waals surface area contributed by atoms with Crippen LogP contribution in [0.4, 0.5) is 5.13 Å². The topological polar surface area (TPSA) is 62.3 Å². The number of amides is 2. The van der Waals surface area contributed by atoms with Gasteiger partial charge in [-0.2, -0.15) is 0 Å². The van der Waals surface area contributed by atoms with Crippen LogP contribution in [-0.4, -0.2) is 34.3 Å². The van der Waals surface area contributed by atoms with Crippen LogP contribution < -0.4 is 5.32 Å². The molecule has 0 saturated heterocycles. The zero-order valence-corrected chi connectivity index (χ0v) is 16.2. The van der Waals surface area contributed by atoms with Crippen LogP contribution in [0.15, 0.2) is 24.3 Å². The molecule has 0 spiro atoms. The van der Waals surface area contributed by atoms with E-state index >= 15 is 0 Å². The molecule has 0 saturated carbocycles. The molecule has 2 amide bonds. The Hall–Kier alpha value is -2.21. The molecule has 1 aromatic heterocycles. The molecule has 1 N–H and O–H groups in total. The third-order valence-corrected chi connectivity index (χ3v) is 5.34. The van der Waals surface area contributed by atoms with Gasteiger partial charge in [0, 0.05) is 16.5 Å². The number of carbonyl (C=O) groups excluding carboxylic acids is 2. The summed E-state index contributed by atoms with van der Waals surface area (Å²) in [5, 5.41) is 3.38. The van der Waals surface area contributed by atoms with E-state index < -0.39 is 0 Å². The maximum atomic E-state index is 12.9. The highest BCUT2D eigenvalue weighted by atomic mass is 32.1. The van der Waals surface area contributed by atoms with Gasteiger partial charge in [0.15, 0.2) is 5.13 Å². The first-order chi connectivity index (χ1) is 11.8. The second-order valence-corrected chi connectivity index (χ2v) is 7.42. The van der Waals surface area contributed by atoms with Crippen molar-refractivity contribution in [2.75, 3.05) is 11.9 Å². The minimum Gasteiger partial charge on any atom is -0.327 e. The average Bonchev–Trinajstić information content (AvgIpc) is 2.89. The molecule has 0 bridgehead atoms. The lowest BCUT2D eigenvalue weighted by Gasteiger charge is -2.28. The predicted octanol–water partition coefficient (Wildman–Crippen LogP) is 3.95. The molecule has 1 aromatic carbocycles. The number of thiazole rings is 1. The molecular weight excluding hydrogens is 334 g/mol. The Balaban J connectivity index is 2.16. The van der Waals surface area contributed by atoms with Gasteiger partial charge in [-0.1, -0.05) is 25.1 Å². The van der Waals surface area contributed by atoms with Crippen LogP contribution in [0, 0.1) is 20.8 Å². The first kappa shape index (κ1) is 19.1. The first-order valence-corrected chi connectivity index (χ1v) is 9.25. The fraction of sp³-hybridized carbons (Fsp3) is 0.421. The van der Waals surface area contributed by atoms with E-state index in [4.69, 9.17) is 0 Å². The van der Waals surface area contributed by atoms with Crippen LogP contribution in [0.5, 0.6) is 0 Å². The van der Waals surface area contributed by atoms with Crippen LogP contribution in [0.1, 0.15) is 46.8 Å². The SMILES string of the molecule is CC[C@@H](C)N(CC(=O)Nc1nc(C)c(C)s1)C(=O)c1ccccc1C. The van der Waals surface area contributed by atoms with E-state index in [9.17, 15) is 9.59 Å². The van der Waals surface area contributed by atoms with Gasteiger partial charge in [-0.15, -0.1) is 11.3 Å². The van der Waals surface area contributed by atoms with Crippen LogP contribution in [-0.2, 0) is 4.79 Å². The summed E-state index contributed by atoms with van der Waals surface area (Å²) in [4.78, 5) is 32.4. The zero-order valence-electron chi connectivity index (χ0n) is 15.4. The molecule has 0 fully saturated rings. The van der Waals surface area contributed by atoms with Gasteiger partial charge < -0.3 is 10.2 Å². The van der Waals surface area contributed by atoms with Gasteiger partial charge in [0.05, 0.1) is 5.69 Å². The minimum absolute atomic E-state index is 0.0137. The lowest BCUT2D eigenvalue weighted by Crippen LogP contribution is -2.43. The number of aryl methyl sites for hydroxylation is 3. The van der Waals surface area contributed by atoms with Gasteiger partial charge in [0.2, 0.25) is 5.91 Å². The van der Waals surface area contributed by atoms with Crippen LogP contribution in [0.2, 0.25) is 0 Å². The Bertz CT molecular complexity index is 750. The number of aromatic nitrogens is 1. The Morgan fingerprint density at radius 3 is 2.48 bits per heavy atom. The van der Waals surface area contributed by atoms with E-state index in [2.05, 4.69) is 10.3 Å². The molecule has 0 radical (unpaired) electrons. The molecule has 0 aliphatic heterocycles. The van der Waals surface area contributed by atoms with Crippen molar-refractivity contribution in [3.8, 4) is 0 Å². The minimum atomic E-state index is -0.226. The Morgan fingerprint density at radius 2 is 1.92 bits per heavy atom. The number of hydrogen-bond acceptors (Lipinski definition) is 4. The molecule has 6 heteroatoms. The number of benzene rings is 1. The van der Waals surface area contributed by atoms with E-state index in [1.165, 1.54) is 11.3 Å². The van der Waals surface area contributed by atoms with E-state index in [1.54, 1.807) is 11.0 Å². The number of anilines is 1. The number of rotatable bonds is 6. The maximum Gasteiger partial charge on any atom is 0.254 e. The molecule has 0 aliphatic rings. The summed E-state index contributed by atoms with van der Waals surface area (Å²) in [6, 6.07) is 7.43. The van der Waals surface area contributed by atoms with Crippen molar-refractivity contribution in [2.24, 2.45) is 0 Å². The van der Waals surface area contributed by atoms with Crippen molar-refractivity contribution in [2.45, 2.75) is 47.1 Å². The normalized spacial score (nSPS) is 11.9. The molecule has 2 rings (SSSR count). The van der Waals surface area contributed by atoms with E-state index in [0.717, 1.165) is 22.6 Å². The summed E-state index contributed by atoms with van der Waals surface area (Å²) >= 11 is 1.44. The Morgan fingerprint density at radius 1 is 1.24 bits per heavy atom. The summed E-state index contributed by atoms with van der Waals surface area (Å²) in [7, 11) is 0. The molecule has 134 valence electrons. The van der Waals surface area contributed by atoms with Gasteiger partial charge >= 0.3 is 0 Å². The first-order valence-electron chi connectivity index (χ1n) is 8.44. The molecule has 0 unspecified atom stereocenters. The van der Waals surface area contributed by atoms with Crippen molar-refractivity contribution in [3.63, 3.8) is 0 Å². The van der Waals surface area contributed by atoms with Crippen molar-refractivity contribution < 1.29 is 9.59 Å².